The Morgan fingerprint density at radius 1 is 0.656 bits per heavy atom. The van der Waals surface area contributed by atoms with Crippen LogP contribution in [-0.4, -0.2) is 148 Å². The molecule has 0 aliphatic heterocycles. The molecule has 2 rings (SSSR count). The van der Waals surface area contributed by atoms with E-state index in [0.29, 0.717) is 18.4 Å². The second kappa shape index (κ2) is 26.5. The summed E-state index contributed by atoms with van der Waals surface area (Å²) in [6, 6.07) is -2.05. The van der Waals surface area contributed by atoms with Crippen molar-refractivity contribution in [2.75, 3.05) is 26.2 Å². The van der Waals surface area contributed by atoms with E-state index in [4.69, 9.17) is 11.5 Å². The first kappa shape index (κ1) is 54.0. The quantitative estimate of drug-likeness (QED) is 0.0382. The fraction of sp³-hybridized carbons (Fsp3) is 0.585. The van der Waals surface area contributed by atoms with Crippen molar-refractivity contribution >= 4 is 64.1 Å². The van der Waals surface area contributed by atoms with Crippen molar-refractivity contribution < 1.29 is 58.5 Å². The summed E-state index contributed by atoms with van der Waals surface area (Å²) in [6.45, 7) is 7.16. The number of hydrogen-bond acceptors (Lipinski definition) is 13. The van der Waals surface area contributed by atoms with Crippen molar-refractivity contribution in [3.05, 3.63) is 36.0 Å². The number of fused-ring (bicyclic) bond motifs is 1. The number of aromatic nitrogens is 1. The van der Waals surface area contributed by atoms with Crippen LogP contribution in [0.3, 0.4) is 0 Å². The van der Waals surface area contributed by atoms with Gasteiger partial charge in [0.25, 0.3) is 0 Å². The number of H-pyrrole nitrogens is 1. The predicted octanol–water partition coefficient (Wildman–Crippen LogP) is -3.90. The van der Waals surface area contributed by atoms with Crippen molar-refractivity contribution in [3.8, 4) is 0 Å². The van der Waals surface area contributed by atoms with Gasteiger partial charge in [-0.3, -0.25) is 38.4 Å². The van der Waals surface area contributed by atoms with Crippen molar-refractivity contribution in [2.24, 2.45) is 23.3 Å². The van der Waals surface area contributed by atoms with Crippen molar-refractivity contribution in [3.63, 3.8) is 0 Å². The van der Waals surface area contributed by atoms with Gasteiger partial charge in [0, 0.05) is 23.5 Å². The Morgan fingerprint density at radius 3 is 1.83 bits per heavy atom. The monoisotopic (exact) mass is 903 g/mol. The highest BCUT2D eigenvalue weighted by Crippen LogP contribution is 2.19. The van der Waals surface area contributed by atoms with E-state index in [0.717, 1.165) is 10.9 Å². The summed E-state index contributed by atoms with van der Waals surface area (Å²) < 4.78 is 0. The zero-order valence-corrected chi connectivity index (χ0v) is 37.0. The molecule has 8 amide bonds. The van der Waals surface area contributed by atoms with Crippen molar-refractivity contribution in [2.45, 2.75) is 116 Å². The molecule has 0 fully saturated rings. The van der Waals surface area contributed by atoms with Crippen LogP contribution >= 0.6 is 0 Å². The van der Waals surface area contributed by atoms with Gasteiger partial charge >= 0.3 is 5.97 Å². The SMILES string of the molecule is CC(C)[C@H](NC(=O)[C@H](C)NC(=O)[C@H](CO)NC(=O)[C@@H](NC(=O)[C@H](CCCCN)NC(=O)[C@H](Cc1c[nH]c2ccccc12)NC(=O)CNC(=O)CNC(=O)[C@@H](N)[C@@H](C)O)C(C)C)C(=O)O. The number of aliphatic hydroxyl groups is 2. The highest BCUT2D eigenvalue weighted by molar-refractivity contribution is 5.97. The normalized spacial score (nSPS) is 15.0. The minimum absolute atomic E-state index is 0.0522. The molecule has 1 heterocycles. The van der Waals surface area contributed by atoms with E-state index in [1.165, 1.54) is 13.8 Å². The fourth-order valence-corrected chi connectivity index (χ4v) is 6.17. The zero-order valence-electron chi connectivity index (χ0n) is 37.0. The third-order valence-electron chi connectivity index (χ3n) is 10.1. The first-order valence-electron chi connectivity index (χ1n) is 21.0. The molecular formula is C41H65N11O12. The second-order valence-electron chi connectivity index (χ2n) is 16.1. The van der Waals surface area contributed by atoms with Gasteiger partial charge < -0.3 is 74.3 Å². The van der Waals surface area contributed by atoms with Crippen LogP contribution in [0, 0.1) is 11.8 Å². The van der Waals surface area contributed by atoms with Crippen LogP contribution in [0.2, 0.25) is 0 Å². The standard InChI is InChI=1S/C41H65N11O12/c1-20(2)33(40(62)50-29(19-53)38(60)47-22(5)35(57)52-34(21(3)4)41(63)64)51-36(58)27(13-9-10-14-42)49-37(59)28(15-24-16-44-26-12-8-7-11-25(24)26)48-31(56)18-45-30(55)17-46-39(61)32(43)23(6)54/h7-8,11-12,16,20-23,27-29,32-34,44,53-54H,9-10,13-15,17-19,42-43H2,1-6H3,(H,45,55)(H,46,61)(H,47,60)(H,48,56)(H,49,59)(H,50,62)(H,51,58)(H,52,57)(H,63,64)/t22-,23+,27-,28-,29-,32-,33-,34-/m0/s1. The molecule has 356 valence electrons. The number of para-hydroxylation sites is 1. The Labute approximate surface area is 370 Å². The Hall–Kier alpha value is -6.17. The lowest BCUT2D eigenvalue weighted by atomic mass is 10.0. The number of hydrogen-bond donors (Lipinski definition) is 14. The Kier molecular flexibility index (Phi) is 22.3. The van der Waals surface area contributed by atoms with Crippen molar-refractivity contribution in [1.29, 1.82) is 0 Å². The molecule has 0 aliphatic rings. The second-order valence-corrected chi connectivity index (χ2v) is 16.1. The molecule has 0 radical (unpaired) electrons. The lowest BCUT2D eigenvalue weighted by molar-refractivity contribution is -0.143. The number of carboxylic acid groups (broad SMARTS) is 1. The number of unbranched alkanes of at least 4 members (excludes halogenated alkanes) is 1. The molecule has 1 aromatic carbocycles. The van der Waals surface area contributed by atoms with E-state index in [1.807, 2.05) is 12.1 Å². The number of aromatic amines is 1. The number of aliphatic hydroxyl groups excluding tert-OH is 2. The minimum atomic E-state index is -1.59. The lowest BCUT2D eigenvalue weighted by Gasteiger charge is -2.28. The number of amides is 8. The maximum Gasteiger partial charge on any atom is 0.326 e. The maximum atomic E-state index is 14.1. The number of rotatable bonds is 27. The number of carboxylic acids is 1. The molecule has 8 atom stereocenters. The van der Waals surface area contributed by atoms with Crippen LogP contribution in [0.4, 0.5) is 0 Å². The third-order valence-corrected chi connectivity index (χ3v) is 10.1. The number of aliphatic carboxylic acids is 1. The van der Waals surface area contributed by atoms with Gasteiger partial charge in [0.05, 0.1) is 25.8 Å². The summed E-state index contributed by atoms with van der Waals surface area (Å²) in [6.07, 6.45) is 1.30. The maximum absolute atomic E-state index is 14.1. The number of benzene rings is 1. The molecule has 64 heavy (non-hydrogen) atoms. The van der Waals surface area contributed by atoms with E-state index in [9.17, 15) is 58.5 Å². The number of nitrogens with one attached hydrogen (secondary N) is 9. The Bertz CT molecular complexity index is 1940. The van der Waals surface area contributed by atoms with Gasteiger partial charge in [-0.2, -0.15) is 0 Å². The van der Waals surface area contributed by atoms with Gasteiger partial charge in [-0.1, -0.05) is 45.9 Å². The molecular weight excluding hydrogens is 839 g/mol. The van der Waals surface area contributed by atoms with Crippen LogP contribution in [0.15, 0.2) is 30.5 Å². The van der Waals surface area contributed by atoms with Crippen LogP contribution in [0.5, 0.6) is 0 Å². The summed E-state index contributed by atoms with van der Waals surface area (Å²) in [4.78, 5) is 120. The highest BCUT2D eigenvalue weighted by Gasteiger charge is 2.34. The third kappa shape index (κ3) is 17.2. The van der Waals surface area contributed by atoms with Crippen molar-refractivity contribution in [1.82, 2.24) is 47.5 Å². The van der Waals surface area contributed by atoms with Crippen LogP contribution in [-0.2, 0) is 49.6 Å². The number of nitrogens with two attached hydrogens (primary N) is 2. The smallest absolute Gasteiger partial charge is 0.326 e. The Balaban J connectivity index is 2.26. The molecule has 0 aliphatic carbocycles. The molecule has 2 aromatic rings. The molecule has 0 saturated heterocycles. The topological polar surface area (TPSA) is 378 Å². The van der Waals surface area contributed by atoms with Gasteiger partial charge in [0.15, 0.2) is 0 Å². The van der Waals surface area contributed by atoms with Crippen LogP contribution in [0.25, 0.3) is 10.9 Å². The van der Waals surface area contributed by atoms with Gasteiger partial charge in [-0.25, -0.2) is 4.79 Å². The summed E-state index contributed by atoms with van der Waals surface area (Å²) in [5.74, 6) is -8.96. The van der Waals surface area contributed by atoms with E-state index >= 15 is 0 Å². The molecule has 0 unspecified atom stereocenters. The molecule has 23 nitrogen and oxygen atoms in total. The zero-order chi connectivity index (χ0) is 48.3. The van der Waals surface area contributed by atoms with Gasteiger partial charge in [-0.05, 0) is 63.1 Å². The van der Waals surface area contributed by atoms with Gasteiger partial charge in [0.2, 0.25) is 47.3 Å². The lowest BCUT2D eigenvalue weighted by Crippen LogP contribution is -2.61. The molecule has 0 saturated carbocycles. The molecule has 23 heteroatoms. The number of carbonyl (C=O) groups excluding carboxylic acids is 8. The molecule has 0 bridgehead atoms. The fourth-order valence-electron chi connectivity index (χ4n) is 6.17. The summed E-state index contributed by atoms with van der Waals surface area (Å²) in [7, 11) is 0. The van der Waals surface area contributed by atoms with E-state index in [1.54, 1.807) is 46.0 Å². The minimum Gasteiger partial charge on any atom is -0.480 e. The number of carbonyl (C=O) groups is 9. The Morgan fingerprint density at radius 2 is 1.23 bits per heavy atom. The highest BCUT2D eigenvalue weighted by atomic mass is 16.4. The molecule has 0 spiro atoms. The largest absolute Gasteiger partial charge is 0.480 e. The van der Waals surface area contributed by atoms with Crippen LogP contribution < -0.4 is 54.0 Å². The molecule has 1 aromatic heterocycles. The molecule has 16 N–H and O–H groups in total. The summed E-state index contributed by atoms with van der Waals surface area (Å²) in [5, 5.41) is 49.2. The first-order chi connectivity index (χ1) is 30.1. The average molecular weight is 904 g/mol. The van der Waals surface area contributed by atoms with Gasteiger partial charge in [-0.15, -0.1) is 0 Å². The first-order valence-corrected chi connectivity index (χ1v) is 21.0. The summed E-state index contributed by atoms with van der Waals surface area (Å²) in [5.41, 5.74) is 12.7. The average Bonchev–Trinajstić information content (AvgIpc) is 3.65. The summed E-state index contributed by atoms with van der Waals surface area (Å²) >= 11 is 0. The van der Waals surface area contributed by atoms with Gasteiger partial charge in [0.1, 0.15) is 42.3 Å². The van der Waals surface area contributed by atoms with E-state index < -0.39 is 133 Å². The van der Waals surface area contributed by atoms with E-state index in [2.05, 4.69) is 47.5 Å². The van der Waals surface area contributed by atoms with E-state index in [-0.39, 0.29) is 19.4 Å². The van der Waals surface area contributed by atoms with Crippen LogP contribution in [0.1, 0.15) is 66.4 Å². The predicted molar refractivity (Wildman–Crippen MR) is 232 cm³/mol.